The molecule has 0 spiro atoms. The lowest BCUT2D eigenvalue weighted by Gasteiger charge is -2.34. The Morgan fingerprint density at radius 1 is 0.897 bits per heavy atom. The Bertz CT molecular complexity index is 1080. The number of nitrogens with zero attached hydrogens (tertiary/aromatic N) is 1. The zero-order valence-corrected chi connectivity index (χ0v) is 24.4. The van der Waals surface area contributed by atoms with E-state index < -0.39 is 0 Å². The van der Waals surface area contributed by atoms with E-state index in [9.17, 15) is 0 Å². The van der Waals surface area contributed by atoms with Crippen LogP contribution in [0.1, 0.15) is 93.9 Å². The van der Waals surface area contributed by atoms with Crippen LogP contribution in [0.15, 0.2) is 65.2 Å². The number of dihydropyridines is 1. The van der Waals surface area contributed by atoms with Gasteiger partial charge in [-0.25, -0.2) is 0 Å². The maximum atomic E-state index is 4.50. The van der Waals surface area contributed by atoms with Crippen molar-refractivity contribution >= 4 is 5.71 Å². The molecule has 0 radical (unpaired) electrons. The lowest BCUT2D eigenvalue weighted by molar-refractivity contribution is 0.206. The second-order valence-electron chi connectivity index (χ2n) is 12.9. The molecule has 2 aliphatic carbocycles. The summed E-state index contributed by atoms with van der Waals surface area (Å²) in [6, 6.07) is 19.1. The molecule has 0 aromatic heterocycles. The predicted octanol–water partition coefficient (Wildman–Crippen LogP) is 6.88. The first-order valence-corrected chi connectivity index (χ1v) is 15.6. The van der Waals surface area contributed by atoms with Gasteiger partial charge in [-0.2, -0.15) is 0 Å². The number of aliphatic imine (C=N–C) groups is 1. The Hall–Kier alpha value is -2.27. The molecule has 1 atom stereocenters. The van der Waals surface area contributed by atoms with Gasteiger partial charge < -0.3 is 16.0 Å². The molecule has 0 saturated heterocycles. The van der Waals surface area contributed by atoms with E-state index in [2.05, 4.69) is 89.4 Å². The van der Waals surface area contributed by atoms with Gasteiger partial charge in [0, 0.05) is 50.5 Å². The first-order valence-electron chi connectivity index (χ1n) is 15.6. The van der Waals surface area contributed by atoms with E-state index in [0.29, 0.717) is 17.5 Å². The molecule has 2 aromatic carbocycles. The Morgan fingerprint density at radius 3 is 2.38 bits per heavy atom. The zero-order chi connectivity index (χ0) is 26.9. The lowest BCUT2D eigenvalue weighted by atomic mass is 9.75. The molecule has 0 amide bonds. The number of rotatable bonds is 7. The third-order valence-corrected chi connectivity index (χ3v) is 9.15. The topological polar surface area (TPSA) is 48.5 Å². The normalized spacial score (nSPS) is 22.5. The standard InChI is InChI=1S/C26H37N3.C9H13N/c1-26(2)13-11-24(12-14-26)28-17-21-9-7-20(8-10-21)16-27-19-25-15-22-5-3-4-6-23(22)18-29-25;1-2-6-9-8(4-1)5-3-7-10-9/h3-10,24-25,27-29H,11-19H2,1-2H3;5H,1-4,6-7H2. The van der Waals surface area contributed by atoms with Gasteiger partial charge in [-0.1, -0.05) is 68.5 Å². The number of nitrogens with one attached hydrogen (secondary N) is 3. The predicted molar refractivity (Wildman–Crippen MR) is 165 cm³/mol. The van der Waals surface area contributed by atoms with Gasteiger partial charge in [-0.3, -0.25) is 4.99 Å². The highest BCUT2D eigenvalue weighted by atomic mass is 15.0. The van der Waals surface area contributed by atoms with Crippen molar-refractivity contribution in [2.75, 3.05) is 13.1 Å². The average molecular weight is 527 g/mol. The van der Waals surface area contributed by atoms with E-state index in [0.717, 1.165) is 39.1 Å². The Morgan fingerprint density at radius 2 is 1.62 bits per heavy atom. The fourth-order valence-electron chi connectivity index (χ4n) is 6.45. The average Bonchev–Trinajstić information content (AvgIpc) is 2.98. The van der Waals surface area contributed by atoms with Crippen LogP contribution in [0.5, 0.6) is 0 Å². The minimum Gasteiger partial charge on any atom is -0.311 e. The highest BCUT2D eigenvalue weighted by molar-refractivity contribution is 6.01. The van der Waals surface area contributed by atoms with Crippen LogP contribution in [-0.2, 0) is 26.1 Å². The number of fused-ring (bicyclic) bond motifs is 2. The van der Waals surface area contributed by atoms with Crippen LogP contribution in [0.2, 0.25) is 0 Å². The Labute approximate surface area is 237 Å². The van der Waals surface area contributed by atoms with Gasteiger partial charge in [-0.05, 0) is 97.5 Å². The van der Waals surface area contributed by atoms with Gasteiger partial charge in [0.2, 0.25) is 0 Å². The SMILES string of the molecule is C1=C2CCCCC2=NCC1.CC1(C)CCC(NCc2ccc(CNCC3Cc4ccccc4CN3)cc2)CC1. The summed E-state index contributed by atoms with van der Waals surface area (Å²) in [5.41, 5.74) is 9.22. The summed E-state index contributed by atoms with van der Waals surface area (Å²) in [6.07, 6.45) is 15.3. The number of hydrogen-bond donors (Lipinski definition) is 3. The van der Waals surface area contributed by atoms with Crippen molar-refractivity contribution in [3.8, 4) is 0 Å². The molecule has 2 heterocycles. The van der Waals surface area contributed by atoms with Gasteiger partial charge in [0.15, 0.2) is 0 Å². The molecule has 3 N–H and O–H groups in total. The highest BCUT2D eigenvalue weighted by Gasteiger charge is 2.26. The summed E-state index contributed by atoms with van der Waals surface area (Å²) < 4.78 is 0. The molecule has 2 aromatic rings. The fourth-order valence-corrected chi connectivity index (χ4v) is 6.45. The summed E-state index contributed by atoms with van der Waals surface area (Å²) in [5, 5.41) is 11.1. The van der Waals surface area contributed by atoms with Gasteiger partial charge in [-0.15, -0.1) is 0 Å². The van der Waals surface area contributed by atoms with E-state index in [-0.39, 0.29) is 0 Å². The molecule has 0 bridgehead atoms. The van der Waals surface area contributed by atoms with Crippen LogP contribution in [-0.4, -0.2) is 30.9 Å². The van der Waals surface area contributed by atoms with E-state index in [4.69, 9.17) is 0 Å². The summed E-state index contributed by atoms with van der Waals surface area (Å²) in [6.45, 7) is 9.77. The molecule has 4 nitrogen and oxygen atoms in total. The Balaban J connectivity index is 0.000000257. The molecule has 2 saturated carbocycles. The van der Waals surface area contributed by atoms with Gasteiger partial charge in [0.25, 0.3) is 0 Å². The van der Waals surface area contributed by atoms with Crippen LogP contribution in [0.3, 0.4) is 0 Å². The third kappa shape index (κ3) is 8.61. The van der Waals surface area contributed by atoms with Crippen molar-refractivity contribution < 1.29 is 0 Å². The molecule has 4 heteroatoms. The molecule has 2 fully saturated rings. The third-order valence-electron chi connectivity index (χ3n) is 9.15. The largest absolute Gasteiger partial charge is 0.311 e. The van der Waals surface area contributed by atoms with Gasteiger partial charge in [0.05, 0.1) is 0 Å². The zero-order valence-electron chi connectivity index (χ0n) is 24.4. The summed E-state index contributed by atoms with van der Waals surface area (Å²) in [7, 11) is 0. The maximum Gasteiger partial charge on any atom is 0.0427 e. The second-order valence-corrected chi connectivity index (χ2v) is 12.9. The summed E-state index contributed by atoms with van der Waals surface area (Å²) in [5.74, 6) is 0. The first-order chi connectivity index (χ1) is 19.0. The quantitative estimate of drug-likeness (QED) is 0.369. The van der Waals surface area contributed by atoms with Crippen molar-refractivity contribution in [3.63, 3.8) is 0 Å². The molecule has 4 aliphatic rings. The van der Waals surface area contributed by atoms with E-state index in [1.807, 2.05) is 0 Å². The van der Waals surface area contributed by atoms with Crippen LogP contribution in [0.4, 0.5) is 0 Å². The molecule has 39 heavy (non-hydrogen) atoms. The molecule has 2 aliphatic heterocycles. The number of hydrogen-bond acceptors (Lipinski definition) is 4. The van der Waals surface area contributed by atoms with Crippen molar-refractivity contribution in [3.05, 3.63) is 82.4 Å². The van der Waals surface area contributed by atoms with Crippen molar-refractivity contribution in [1.29, 1.82) is 0 Å². The first kappa shape index (κ1) is 28.3. The number of allylic oxidation sites excluding steroid dienone is 1. The van der Waals surface area contributed by atoms with Crippen LogP contribution >= 0.6 is 0 Å². The van der Waals surface area contributed by atoms with E-state index in [1.165, 1.54) is 85.8 Å². The smallest absolute Gasteiger partial charge is 0.0427 e. The summed E-state index contributed by atoms with van der Waals surface area (Å²) in [4.78, 5) is 4.50. The minimum atomic E-state index is 0.522. The van der Waals surface area contributed by atoms with Crippen LogP contribution in [0.25, 0.3) is 0 Å². The molecule has 1 unspecified atom stereocenters. The second kappa shape index (κ2) is 13.9. The minimum absolute atomic E-state index is 0.522. The Kier molecular flexibility index (Phi) is 10.1. The van der Waals surface area contributed by atoms with Gasteiger partial charge >= 0.3 is 0 Å². The maximum absolute atomic E-state index is 4.50. The highest BCUT2D eigenvalue weighted by Crippen LogP contribution is 2.35. The van der Waals surface area contributed by atoms with E-state index >= 15 is 0 Å². The lowest BCUT2D eigenvalue weighted by Crippen LogP contribution is -2.42. The van der Waals surface area contributed by atoms with Crippen molar-refractivity contribution in [2.24, 2.45) is 10.4 Å². The molecule has 210 valence electrons. The van der Waals surface area contributed by atoms with E-state index in [1.54, 1.807) is 5.57 Å². The van der Waals surface area contributed by atoms with Gasteiger partial charge in [0.1, 0.15) is 0 Å². The summed E-state index contributed by atoms with van der Waals surface area (Å²) >= 11 is 0. The molecular weight excluding hydrogens is 476 g/mol. The number of benzene rings is 2. The molecule has 6 rings (SSSR count). The molecular formula is C35H50N4. The van der Waals surface area contributed by atoms with Crippen LogP contribution < -0.4 is 16.0 Å². The van der Waals surface area contributed by atoms with Crippen molar-refractivity contribution in [1.82, 2.24) is 16.0 Å². The monoisotopic (exact) mass is 526 g/mol. The van der Waals surface area contributed by atoms with Crippen LogP contribution in [0, 0.1) is 5.41 Å². The fraction of sp³-hybridized carbons (Fsp3) is 0.571. The van der Waals surface area contributed by atoms with Crippen molar-refractivity contribution in [2.45, 2.75) is 110 Å².